The van der Waals surface area contributed by atoms with E-state index in [-0.39, 0.29) is 5.75 Å². The van der Waals surface area contributed by atoms with Crippen LogP contribution in [0.15, 0.2) is 4.99 Å². The topological polar surface area (TPSA) is 58.5 Å². The third-order valence-electron chi connectivity index (χ3n) is 1.56. The molecular formula is C7H14N2O2S2. The molecule has 0 unspecified atom stereocenters. The van der Waals surface area contributed by atoms with E-state index in [1.165, 1.54) is 7.05 Å². The van der Waals surface area contributed by atoms with Gasteiger partial charge in [0.2, 0.25) is 10.0 Å². The summed E-state index contributed by atoms with van der Waals surface area (Å²) >= 11 is 4.39. The van der Waals surface area contributed by atoms with Gasteiger partial charge in [-0.05, 0) is 32.1 Å². The highest BCUT2D eigenvalue weighted by Gasteiger charge is 2.04. The molecule has 1 N–H and O–H groups in total. The molecule has 0 aromatic heterocycles. The van der Waals surface area contributed by atoms with E-state index in [1.807, 2.05) is 0 Å². The van der Waals surface area contributed by atoms with E-state index in [2.05, 4.69) is 27.1 Å². The first kappa shape index (κ1) is 12.7. The highest BCUT2D eigenvalue weighted by atomic mass is 32.2. The monoisotopic (exact) mass is 222 g/mol. The summed E-state index contributed by atoms with van der Waals surface area (Å²) in [6, 6.07) is 0. The van der Waals surface area contributed by atoms with E-state index >= 15 is 0 Å². The third-order valence-corrected chi connectivity index (χ3v) is 3.14. The van der Waals surface area contributed by atoms with Crippen molar-refractivity contribution in [3.8, 4) is 0 Å². The van der Waals surface area contributed by atoms with Gasteiger partial charge in [-0.2, -0.15) is 0 Å². The zero-order chi connectivity index (χ0) is 10.2. The van der Waals surface area contributed by atoms with Gasteiger partial charge in [0.25, 0.3) is 0 Å². The normalized spacial score (nSPS) is 10.8. The van der Waals surface area contributed by atoms with Crippen LogP contribution in [-0.2, 0) is 10.0 Å². The molecule has 0 saturated heterocycles. The van der Waals surface area contributed by atoms with Crippen LogP contribution in [0.5, 0.6) is 0 Å². The zero-order valence-corrected chi connectivity index (χ0v) is 9.25. The van der Waals surface area contributed by atoms with Crippen LogP contribution in [0.4, 0.5) is 0 Å². The predicted molar refractivity (Wildman–Crippen MR) is 56.6 cm³/mol. The molecule has 0 saturated carbocycles. The molecule has 0 rings (SSSR count). The maximum Gasteiger partial charge on any atom is 0.211 e. The van der Waals surface area contributed by atoms with Crippen LogP contribution in [0.1, 0.15) is 19.3 Å². The van der Waals surface area contributed by atoms with Gasteiger partial charge in [0.15, 0.2) is 0 Å². The van der Waals surface area contributed by atoms with Crippen LogP contribution in [-0.4, -0.2) is 32.9 Å². The Balaban J connectivity index is 3.41. The average Bonchev–Trinajstić information content (AvgIpc) is 2.11. The molecular weight excluding hydrogens is 208 g/mol. The van der Waals surface area contributed by atoms with E-state index in [0.29, 0.717) is 13.0 Å². The number of isothiocyanates is 1. The predicted octanol–water partition coefficient (Wildman–Crippen LogP) is 0.809. The lowest BCUT2D eigenvalue weighted by Gasteiger charge is -2.00. The Bertz CT molecular complexity index is 268. The van der Waals surface area contributed by atoms with E-state index in [1.54, 1.807) is 0 Å². The van der Waals surface area contributed by atoms with Gasteiger partial charge in [0.1, 0.15) is 0 Å². The Morgan fingerprint density at radius 1 is 1.38 bits per heavy atom. The van der Waals surface area contributed by atoms with Crippen molar-refractivity contribution in [1.82, 2.24) is 4.72 Å². The van der Waals surface area contributed by atoms with E-state index in [9.17, 15) is 8.42 Å². The van der Waals surface area contributed by atoms with Crippen LogP contribution in [0.3, 0.4) is 0 Å². The minimum Gasteiger partial charge on any atom is -0.233 e. The van der Waals surface area contributed by atoms with Crippen LogP contribution in [0.25, 0.3) is 0 Å². The summed E-state index contributed by atoms with van der Waals surface area (Å²) in [4.78, 5) is 3.73. The van der Waals surface area contributed by atoms with E-state index < -0.39 is 10.0 Å². The fraction of sp³-hybridized carbons (Fsp3) is 0.857. The number of unbranched alkanes of at least 4 members (excludes halogenated alkanes) is 2. The smallest absolute Gasteiger partial charge is 0.211 e. The molecule has 0 aliphatic carbocycles. The van der Waals surface area contributed by atoms with Crippen molar-refractivity contribution < 1.29 is 8.42 Å². The number of nitrogens with one attached hydrogen (secondary N) is 1. The van der Waals surface area contributed by atoms with E-state index in [4.69, 9.17) is 0 Å². The molecule has 0 heterocycles. The van der Waals surface area contributed by atoms with Gasteiger partial charge in [0, 0.05) is 6.54 Å². The van der Waals surface area contributed by atoms with Crippen LogP contribution in [0.2, 0.25) is 0 Å². The van der Waals surface area contributed by atoms with Gasteiger partial charge < -0.3 is 0 Å². The largest absolute Gasteiger partial charge is 0.233 e. The minimum atomic E-state index is -3.03. The number of sulfonamides is 1. The average molecular weight is 222 g/mol. The standard InChI is InChI=1S/C7H14N2O2S2/c1-8-13(10,11)6-4-2-3-5-9-7-12/h8H,2-6H2,1H3. The molecule has 76 valence electrons. The molecule has 13 heavy (non-hydrogen) atoms. The first-order valence-electron chi connectivity index (χ1n) is 4.07. The van der Waals surface area contributed by atoms with Gasteiger partial charge in [0.05, 0.1) is 10.9 Å². The summed E-state index contributed by atoms with van der Waals surface area (Å²) in [5.74, 6) is 0.185. The summed E-state index contributed by atoms with van der Waals surface area (Å²) in [6.45, 7) is 0.642. The molecule has 0 aliphatic heterocycles. The van der Waals surface area contributed by atoms with Crippen LogP contribution < -0.4 is 4.72 Å². The number of hydrogen-bond acceptors (Lipinski definition) is 4. The number of thiocarbonyl (C=S) groups is 1. The first-order valence-corrected chi connectivity index (χ1v) is 6.13. The first-order chi connectivity index (χ1) is 6.12. The maximum absolute atomic E-state index is 10.9. The summed E-state index contributed by atoms with van der Waals surface area (Å²) in [5.41, 5.74) is 0. The highest BCUT2D eigenvalue weighted by Crippen LogP contribution is 1.98. The lowest BCUT2D eigenvalue weighted by molar-refractivity contribution is 0.582. The van der Waals surface area contributed by atoms with Crippen molar-refractivity contribution in [3.63, 3.8) is 0 Å². The fourth-order valence-corrected chi connectivity index (χ4v) is 1.69. The van der Waals surface area contributed by atoms with Crippen LogP contribution in [0, 0.1) is 0 Å². The highest BCUT2D eigenvalue weighted by molar-refractivity contribution is 7.89. The molecule has 0 atom stereocenters. The Morgan fingerprint density at radius 3 is 2.62 bits per heavy atom. The second kappa shape index (κ2) is 7.15. The summed E-state index contributed by atoms with van der Waals surface area (Å²) in [5, 5.41) is 2.26. The number of aliphatic imine (C=N–C) groups is 1. The Labute approximate surface area is 84.5 Å². The lowest BCUT2D eigenvalue weighted by atomic mass is 10.2. The minimum absolute atomic E-state index is 0.185. The Hall–Kier alpha value is -0.290. The Morgan fingerprint density at radius 2 is 2.08 bits per heavy atom. The number of hydrogen-bond donors (Lipinski definition) is 1. The van der Waals surface area contributed by atoms with Gasteiger partial charge in [-0.25, -0.2) is 18.1 Å². The van der Waals surface area contributed by atoms with Crippen LogP contribution >= 0.6 is 12.2 Å². The van der Waals surface area contributed by atoms with Crippen molar-refractivity contribution in [2.24, 2.45) is 4.99 Å². The van der Waals surface area contributed by atoms with Gasteiger partial charge in [-0.15, -0.1) is 0 Å². The van der Waals surface area contributed by atoms with Crippen molar-refractivity contribution >= 4 is 27.4 Å². The fourth-order valence-electron chi connectivity index (χ4n) is 0.807. The molecule has 0 aromatic carbocycles. The van der Waals surface area contributed by atoms with Crippen molar-refractivity contribution in [2.75, 3.05) is 19.3 Å². The molecule has 0 bridgehead atoms. The second-order valence-electron chi connectivity index (χ2n) is 2.56. The lowest BCUT2D eigenvalue weighted by Crippen LogP contribution is -2.21. The summed E-state index contributed by atoms with van der Waals surface area (Å²) in [6.07, 6.45) is 2.38. The molecule has 0 aliphatic rings. The van der Waals surface area contributed by atoms with Gasteiger partial charge in [-0.3, -0.25) is 0 Å². The summed E-state index contributed by atoms with van der Waals surface area (Å²) in [7, 11) is -1.61. The zero-order valence-electron chi connectivity index (χ0n) is 7.62. The molecule has 0 fully saturated rings. The quantitative estimate of drug-likeness (QED) is 0.394. The van der Waals surface area contributed by atoms with Gasteiger partial charge >= 0.3 is 0 Å². The SMILES string of the molecule is CNS(=O)(=O)CCCCCN=C=S. The molecule has 0 amide bonds. The molecule has 0 radical (unpaired) electrons. The Kier molecular flexibility index (Phi) is 6.99. The molecule has 4 nitrogen and oxygen atoms in total. The third kappa shape index (κ3) is 8.05. The maximum atomic E-state index is 10.9. The van der Waals surface area contributed by atoms with Crippen molar-refractivity contribution in [3.05, 3.63) is 0 Å². The summed E-state index contributed by atoms with van der Waals surface area (Å²) < 4.78 is 24.1. The molecule has 0 spiro atoms. The van der Waals surface area contributed by atoms with Crippen molar-refractivity contribution in [2.45, 2.75) is 19.3 Å². The number of nitrogens with zero attached hydrogens (tertiary/aromatic N) is 1. The van der Waals surface area contributed by atoms with Gasteiger partial charge in [-0.1, -0.05) is 6.42 Å². The molecule has 0 aromatic rings. The number of rotatable bonds is 7. The van der Waals surface area contributed by atoms with E-state index in [0.717, 1.165) is 12.8 Å². The molecule has 6 heteroatoms. The van der Waals surface area contributed by atoms with Crippen molar-refractivity contribution in [1.29, 1.82) is 0 Å². The second-order valence-corrected chi connectivity index (χ2v) is 4.79.